The van der Waals surface area contributed by atoms with Gasteiger partial charge < -0.3 is 15.2 Å². The lowest BCUT2D eigenvalue weighted by atomic mass is 10.2. The Morgan fingerprint density at radius 1 is 1.13 bits per heavy atom. The highest BCUT2D eigenvalue weighted by atomic mass is 35.5. The average Bonchev–Trinajstić information content (AvgIpc) is 2.22. The summed E-state index contributed by atoms with van der Waals surface area (Å²) in [6.45, 7) is 5.41. The molecule has 0 unspecified atom stereocenters. The minimum Gasteiger partial charge on any atom is -0.490 e. The number of benzene rings is 1. The van der Waals surface area contributed by atoms with Crippen LogP contribution in [0.3, 0.4) is 0 Å². The van der Waals surface area contributed by atoms with Crippen molar-refractivity contribution in [3.8, 4) is 11.5 Å². The van der Waals surface area contributed by atoms with Gasteiger partial charge in [0.25, 0.3) is 0 Å². The molecule has 0 aromatic heterocycles. The highest BCUT2D eigenvalue weighted by Gasteiger charge is 2.09. The average molecular weight is 230 g/mol. The van der Waals surface area contributed by atoms with Crippen molar-refractivity contribution in [1.29, 1.82) is 0 Å². The van der Waals surface area contributed by atoms with E-state index in [1.54, 1.807) is 6.07 Å². The maximum absolute atomic E-state index is 6.02. The fourth-order valence-corrected chi connectivity index (χ4v) is 1.50. The number of hydrogen-bond acceptors (Lipinski definition) is 3. The molecule has 1 aromatic carbocycles. The van der Waals surface area contributed by atoms with E-state index < -0.39 is 0 Å². The standard InChI is InChI=1S/C11H16ClNO2/c1-3-14-10-5-8(7-13)9(12)6-11(10)15-4-2/h5-6H,3-4,7,13H2,1-2H3. The second-order valence-electron chi connectivity index (χ2n) is 2.96. The number of rotatable bonds is 5. The van der Waals surface area contributed by atoms with Crippen molar-refractivity contribution in [3.05, 3.63) is 22.7 Å². The lowest BCUT2D eigenvalue weighted by Crippen LogP contribution is -2.02. The van der Waals surface area contributed by atoms with E-state index in [1.807, 2.05) is 19.9 Å². The molecule has 1 rings (SSSR count). The molecule has 0 spiro atoms. The summed E-state index contributed by atoms with van der Waals surface area (Å²) in [5.41, 5.74) is 6.42. The number of halogens is 1. The van der Waals surface area contributed by atoms with Gasteiger partial charge in [0, 0.05) is 17.6 Å². The molecule has 0 radical (unpaired) electrons. The summed E-state index contributed by atoms with van der Waals surface area (Å²) in [4.78, 5) is 0. The monoisotopic (exact) mass is 229 g/mol. The SMILES string of the molecule is CCOc1cc(Cl)c(CN)cc1OCC. The fourth-order valence-electron chi connectivity index (χ4n) is 1.27. The van der Waals surface area contributed by atoms with Gasteiger partial charge in [0.05, 0.1) is 13.2 Å². The molecule has 0 saturated carbocycles. The fraction of sp³-hybridized carbons (Fsp3) is 0.455. The Balaban J connectivity index is 3.07. The third kappa shape index (κ3) is 3.01. The molecule has 0 saturated heterocycles. The molecular weight excluding hydrogens is 214 g/mol. The number of hydrogen-bond donors (Lipinski definition) is 1. The first kappa shape index (κ1) is 12.1. The van der Waals surface area contributed by atoms with Crippen molar-refractivity contribution in [1.82, 2.24) is 0 Å². The normalized spacial score (nSPS) is 10.1. The van der Waals surface area contributed by atoms with E-state index in [2.05, 4.69) is 0 Å². The van der Waals surface area contributed by atoms with Gasteiger partial charge in [-0.1, -0.05) is 11.6 Å². The molecule has 15 heavy (non-hydrogen) atoms. The lowest BCUT2D eigenvalue weighted by Gasteiger charge is -2.13. The van der Waals surface area contributed by atoms with Crippen molar-refractivity contribution < 1.29 is 9.47 Å². The van der Waals surface area contributed by atoms with Crippen molar-refractivity contribution >= 4 is 11.6 Å². The molecule has 4 heteroatoms. The Labute approximate surface area is 95.1 Å². The van der Waals surface area contributed by atoms with E-state index in [-0.39, 0.29) is 0 Å². The second-order valence-corrected chi connectivity index (χ2v) is 3.37. The summed E-state index contributed by atoms with van der Waals surface area (Å²) < 4.78 is 10.9. The highest BCUT2D eigenvalue weighted by Crippen LogP contribution is 2.33. The van der Waals surface area contributed by atoms with Crippen LogP contribution >= 0.6 is 11.6 Å². The van der Waals surface area contributed by atoms with Crippen LogP contribution in [-0.2, 0) is 6.54 Å². The van der Waals surface area contributed by atoms with E-state index in [0.717, 1.165) is 5.56 Å². The van der Waals surface area contributed by atoms with Crippen LogP contribution < -0.4 is 15.2 Å². The number of ether oxygens (including phenoxy) is 2. The molecule has 0 aliphatic heterocycles. The molecule has 2 N–H and O–H groups in total. The van der Waals surface area contributed by atoms with Gasteiger partial charge >= 0.3 is 0 Å². The Kier molecular flexibility index (Phi) is 4.72. The summed E-state index contributed by atoms with van der Waals surface area (Å²) in [5, 5.41) is 0.615. The summed E-state index contributed by atoms with van der Waals surface area (Å²) in [5.74, 6) is 1.37. The molecule has 0 fully saturated rings. The molecule has 0 aliphatic rings. The molecule has 3 nitrogen and oxygen atoms in total. The zero-order chi connectivity index (χ0) is 11.3. The van der Waals surface area contributed by atoms with Crippen LogP contribution in [0.25, 0.3) is 0 Å². The summed E-state index contributed by atoms with van der Waals surface area (Å²) >= 11 is 6.02. The molecular formula is C11H16ClNO2. The maximum Gasteiger partial charge on any atom is 0.162 e. The second kappa shape index (κ2) is 5.83. The third-order valence-corrected chi connectivity index (χ3v) is 2.28. The van der Waals surface area contributed by atoms with E-state index >= 15 is 0 Å². The van der Waals surface area contributed by atoms with Gasteiger partial charge in [0.15, 0.2) is 11.5 Å². The van der Waals surface area contributed by atoms with E-state index in [0.29, 0.717) is 36.3 Å². The molecule has 0 atom stereocenters. The molecule has 1 aromatic rings. The quantitative estimate of drug-likeness (QED) is 0.844. The first-order valence-corrected chi connectivity index (χ1v) is 5.38. The van der Waals surface area contributed by atoms with E-state index in [1.165, 1.54) is 0 Å². The minimum atomic E-state index is 0.394. The van der Waals surface area contributed by atoms with Crippen LogP contribution in [0.1, 0.15) is 19.4 Å². The van der Waals surface area contributed by atoms with E-state index in [9.17, 15) is 0 Å². The topological polar surface area (TPSA) is 44.5 Å². The van der Waals surface area contributed by atoms with Crippen molar-refractivity contribution in [2.75, 3.05) is 13.2 Å². The van der Waals surface area contributed by atoms with Gasteiger partial charge in [-0.2, -0.15) is 0 Å². The van der Waals surface area contributed by atoms with Crippen LogP contribution in [0.15, 0.2) is 12.1 Å². The Morgan fingerprint density at radius 3 is 2.13 bits per heavy atom. The van der Waals surface area contributed by atoms with Crippen molar-refractivity contribution in [2.45, 2.75) is 20.4 Å². The van der Waals surface area contributed by atoms with Crippen LogP contribution in [0.5, 0.6) is 11.5 Å². The molecule has 0 aliphatic carbocycles. The molecule has 0 heterocycles. The van der Waals surface area contributed by atoms with Crippen molar-refractivity contribution in [3.63, 3.8) is 0 Å². The smallest absolute Gasteiger partial charge is 0.162 e. The molecule has 0 bridgehead atoms. The zero-order valence-corrected chi connectivity index (χ0v) is 9.80. The first-order chi connectivity index (χ1) is 7.22. The Morgan fingerprint density at radius 2 is 1.67 bits per heavy atom. The zero-order valence-electron chi connectivity index (χ0n) is 9.05. The summed E-state index contributed by atoms with van der Waals surface area (Å²) in [6.07, 6.45) is 0. The minimum absolute atomic E-state index is 0.394. The lowest BCUT2D eigenvalue weighted by molar-refractivity contribution is 0.287. The van der Waals surface area contributed by atoms with Gasteiger partial charge in [-0.15, -0.1) is 0 Å². The molecule has 0 amide bonds. The maximum atomic E-state index is 6.02. The Hall–Kier alpha value is -0.930. The van der Waals surface area contributed by atoms with E-state index in [4.69, 9.17) is 26.8 Å². The predicted octanol–water partition coefficient (Wildman–Crippen LogP) is 2.60. The third-order valence-electron chi connectivity index (χ3n) is 1.93. The highest BCUT2D eigenvalue weighted by molar-refractivity contribution is 6.31. The van der Waals surface area contributed by atoms with Crippen molar-refractivity contribution in [2.24, 2.45) is 5.73 Å². The number of nitrogens with two attached hydrogens (primary N) is 1. The van der Waals surface area contributed by atoms with Gasteiger partial charge in [0.2, 0.25) is 0 Å². The largest absolute Gasteiger partial charge is 0.490 e. The first-order valence-electron chi connectivity index (χ1n) is 5.01. The van der Waals surface area contributed by atoms with Crippen LogP contribution in [-0.4, -0.2) is 13.2 Å². The van der Waals surface area contributed by atoms with Gasteiger partial charge in [-0.05, 0) is 25.5 Å². The summed E-state index contributed by atoms with van der Waals surface area (Å²) in [7, 11) is 0. The van der Waals surface area contributed by atoms with Crippen LogP contribution in [0.4, 0.5) is 0 Å². The van der Waals surface area contributed by atoms with Gasteiger partial charge in [0.1, 0.15) is 0 Å². The van der Waals surface area contributed by atoms with Crippen LogP contribution in [0, 0.1) is 0 Å². The van der Waals surface area contributed by atoms with Crippen LogP contribution in [0.2, 0.25) is 5.02 Å². The summed E-state index contributed by atoms with van der Waals surface area (Å²) in [6, 6.07) is 3.58. The molecule has 84 valence electrons. The Bertz CT molecular complexity index is 329. The van der Waals surface area contributed by atoms with Gasteiger partial charge in [-0.3, -0.25) is 0 Å². The predicted molar refractivity (Wildman–Crippen MR) is 61.7 cm³/mol. The van der Waals surface area contributed by atoms with Gasteiger partial charge in [-0.25, -0.2) is 0 Å².